The highest BCUT2D eigenvalue weighted by Gasteiger charge is 2.09. The molecule has 0 atom stereocenters. The van der Waals surface area contributed by atoms with Crippen molar-refractivity contribution in [3.05, 3.63) is 22.4 Å². The van der Waals surface area contributed by atoms with Crippen molar-refractivity contribution >= 4 is 21.9 Å². The Morgan fingerprint density at radius 1 is 1.58 bits per heavy atom. The number of aromatic nitrogens is 1. The maximum atomic E-state index is 12.1. The van der Waals surface area contributed by atoms with E-state index in [-0.39, 0.29) is 6.67 Å². The van der Waals surface area contributed by atoms with Crippen LogP contribution in [0, 0.1) is 0 Å². The van der Waals surface area contributed by atoms with Crippen LogP contribution in [0.25, 0.3) is 0 Å². The van der Waals surface area contributed by atoms with Gasteiger partial charge in [-0.1, -0.05) is 0 Å². The zero-order valence-corrected chi connectivity index (χ0v) is 13.4. The fraction of sp³-hybridized carbons (Fsp3) is 0.615. The van der Waals surface area contributed by atoms with Crippen molar-refractivity contribution in [1.82, 2.24) is 14.8 Å². The molecule has 0 radical (unpaired) electrons. The third-order valence-corrected chi connectivity index (χ3v) is 3.16. The second kappa shape index (κ2) is 8.19. The van der Waals surface area contributed by atoms with Crippen molar-refractivity contribution in [2.24, 2.45) is 12.0 Å². The van der Waals surface area contributed by atoms with E-state index in [1.165, 1.54) is 5.69 Å². The average molecular weight is 333 g/mol. The molecular formula is C13H22BrFN4. The highest BCUT2D eigenvalue weighted by molar-refractivity contribution is 9.10. The summed E-state index contributed by atoms with van der Waals surface area (Å²) in [5.41, 5.74) is 1.19. The molecule has 1 aromatic heterocycles. The second-order valence-corrected chi connectivity index (χ2v) is 5.31. The lowest BCUT2D eigenvalue weighted by Crippen LogP contribution is -2.38. The molecule has 0 unspecified atom stereocenters. The van der Waals surface area contributed by atoms with Gasteiger partial charge in [0, 0.05) is 43.5 Å². The number of aliphatic imine (C=N–C) groups is 1. The van der Waals surface area contributed by atoms with E-state index in [0.717, 1.165) is 23.5 Å². The van der Waals surface area contributed by atoms with Crippen LogP contribution in [-0.2, 0) is 13.6 Å². The third-order valence-electron chi connectivity index (χ3n) is 2.72. The Morgan fingerprint density at radius 3 is 2.84 bits per heavy atom. The van der Waals surface area contributed by atoms with Gasteiger partial charge in [0.05, 0.1) is 13.2 Å². The van der Waals surface area contributed by atoms with Crippen molar-refractivity contribution < 1.29 is 4.39 Å². The summed E-state index contributed by atoms with van der Waals surface area (Å²) in [5, 5.41) is 3.22. The van der Waals surface area contributed by atoms with Gasteiger partial charge in [0.15, 0.2) is 5.96 Å². The molecule has 19 heavy (non-hydrogen) atoms. The minimum Gasteiger partial charge on any atom is -0.357 e. The van der Waals surface area contributed by atoms with Crippen LogP contribution in [0.1, 0.15) is 19.0 Å². The van der Waals surface area contributed by atoms with Crippen LogP contribution in [0.2, 0.25) is 0 Å². The van der Waals surface area contributed by atoms with Gasteiger partial charge in [0.2, 0.25) is 0 Å². The van der Waals surface area contributed by atoms with E-state index in [4.69, 9.17) is 0 Å². The summed E-state index contributed by atoms with van der Waals surface area (Å²) in [6.45, 7) is 3.77. The predicted octanol–water partition coefficient (Wildman–Crippen LogP) is 2.54. The lowest BCUT2D eigenvalue weighted by atomic mass is 10.4. The lowest BCUT2D eigenvalue weighted by Gasteiger charge is -2.22. The minimum atomic E-state index is -0.322. The van der Waals surface area contributed by atoms with Crippen LogP contribution < -0.4 is 5.32 Å². The maximum Gasteiger partial charge on any atom is 0.194 e. The molecule has 0 aromatic carbocycles. The van der Waals surface area contributed by atoms with E-state index in [1.807, 2.05) is 32.1 Å². The summed E-state index contributed by atoms with van der Waals surface area (Å²) in [5.74, 6) is 0.813. The van der Waals surface area contributed by atoms with Gasteiger partial charge in [-0.05, 0) is 35.3 Å². The fourth-order valence-electron chi connectivity index (χ4n) is 1.76. The molecule has 0 fully saturated rings. The molecule has 1 aromatic rings. The van der Waals surface area contributed by atoms with Gasteiger partial charge in [-0.2, -0.15) is 0 Å². The van der Waals surface area contributed by atoms with Gasteiger partial charge in [-0.3, -0.25) is 9.38 Å². The van der Waals surface area contributed by atoms with E-state index in [9.17, 15) is 4.39 Å². The highest BCUT2D eigenvalue weighted by Crippen LogP contribution is 2.14. The van der Waals surface area contributed by atoms with Crippen LogP contribution in [0.15, 0.2) is 21.7 Å². The van der Waals surface area contributed by atoms with Crippen molar-refractivity contribution in [2.45, 2.75) is 19.9 Å². The fourth-order valence-corrected chi connectivity index (χ4v) is 2.33. The largest absolute Gasteiger partial charge is 0.357 e. The molecule has 0 saturated carbocycles. The summed E-state index contributed by atoms with van der Waals surface area (Å²) < 4.78 is 15.3. The number of halogens is 2. The summed E-state index contributed by atoms with van der Waals surface area (Å²) in [7, 11) is 4.00. The molecule has 0 bridgehead atoms. The molecule has 0 aliphatic rings. The number of hydrogen-bond acceptors (Lipinski definition) is 1. The van der Waals surface area contributed by atoms with E-state index >= 15 is 0 Å². The van der Waals surface area contributed by atoms with Crippen molar-refractivity contribution in [3.8, 4) is 0 Å². The van der Waals surface area contributed by atoms with Crippen molar-refractivity contribution in [3.63, 3.8) is 0 Å². The first-order chi connectivity index (χ1) is 9.08. The van der Waals surface area contributed by atoms with Gasteiger partial charge in [-0.25, -0.2) is 0 Å². The number of rotatable bonds is 6. The molecule has 1 rings (SSSR count). The molecule has 0 aliphatic heterocycles. The number of guanidine groups is 1. The summed E-state index contributed by atoms with van der Waals surface area (Å²) in [6, 6.07) is 2.08. The minimum absolute atomic E-state index is 0.322. The van der Waals surface area contributed by atoms with Crippen LogP contribution >= 0.6 is 15.9 Å². The van der Waals surface area contributed by atoms with Gasteiger partial charge in [0.1, 0.15) is 0 Å². The van der Waals surface area contributed by atoms with E-state index in [0.29, 0.717) is 13.0 Å². The van der Waals surface area contributed by atoms with Crippen LogP contribution in [0.3, 0.4) is 0 Å². The van der Waals surface area contributed by atoms with E-state index in [2.05, 4.69) is 36.9 Å². The van der Waals surface area contributed by atoms with Crippen molar-refractivity contribution in [1.29, 1.82) is 0 Å². The molecule has 1 N–H and O–H groups in total. The first-order valence-electron chi connectivity index (χ1n) is 6.44. The number of nitrogens with zero attached hydrogens (tertiary/aromatic N) is 3. The molecule has 108 valence electrons. The Balaban J connectivity index is 2.68. The molecular weight excluding hydrogens is 311 g/mol. The normalized spacial score (nSPS) is 11.7. The van der Waals surface area contributed by atoms with E-state index in [1.54, 1.807) is 0 Å². The Labute approximate surface area is 122 Å². The summed E-state index contributed by atoms with van der Waals surface area (Å²) >= 11 is 3.47. The third kappa shape index (κ3) is 5.22. The molecule has 0 saturated heterocycles. The molecule has 0 aliphatic carbocycles. The SMILES string of the molecule is CCNC(=NCCCF)N(C)Cc1cc(Br)cn1C. The Bertz CT molecular complexity index is 417. The van der Waals surface area contributed by atoms with Gasteiger partial charge in [-0.15, -0.1) is 0 Å². The average Bonchev–Trinajstić information content (AvgIpc) is 2.67. The van der Waals surface area contributed by atoms with Gasteiger partial charge in [0.25, 0.3) is 0 Å². The van der Waals surface area contributed by atoms with Gasteiger partial charge < -0.3 is 14.8 Å². The zero-order chi connectivity index (χ0) is 14.3. The molecule has 0 spiro atoms. The second-order valence-electron chi connectivity index (χ2n) is 4.39. The number of hydrogen-bond donors (Lipinski definition) is 1. The van der Waals surface area contributed by atoms with Crippen molar-refractivity contribution in [2.75, 3.05) is 26.8 Å². The Kier molecular flexibility index (Phi) is 6.91. The number of alkyl halides is 1. The quantitative estimate of drug-likeness (QED) is 0.493. The van der Waals surface area contributed by atoms with E-state index < -0.39 is 0 Å². The monoisotopic (exact) mass is 332 g/mol. The standard InChI is InChI=1S/C13H22BrFN4/c1-4-16-13(17-7-5-6-15)19(3)10-12-8-11(14)9-18(12)2/h8-9H,4-7,10H2,1-3H3,(H,16,17). The Hall–Kier alpha value is -1.04. The molecule has 1 heterocycles. The smallest absolute Gasteiger partial charge is 0.194 e. The van der Waals surface area contributed by atoms with Crippen LogP contribution in [0.4, 0.5) is 4.39 Å². The predicted molar refractivity (Wildman–Crippen MR) is 81.2 cm³/mol. The summed E-state index contributed by atoms with van der Waals surface area (Å²) in [6.07, 6.45) is 2.49. The first kappa shape index (κ1) is 16.0. The topological polar surface area (TPSA) is 32.6 Å². The Morgan fingerprint density at radius 2 is 2.32 bits per heavy atom. The maximum absolute atomic E-state index is 12.1. The highest BCUT2D eigenvalue weighted by atomic mass is 79.9. The number of aryl methyl sites for hydroxylation is 1. The number of nitrogens with one attached hydrogen (secondary N) is 1. The van der Waals surface area contributed by atoms with Crippen LogP contribution in [0.5, 0.6) is 0 Å². The molecule has 6 heteroatoms. The molecule has 4 nitrogen and oxygen atoms in total. The van der Waals surface area contributed by atoms with Gasteiger partial charge >= 0.3 is 0 Å². The van der Waals surface area contributed by atoms with Crippen LogP contribution in [-0.4, -0.2) is 42.2 Å². The zero-order valence-electron chi connectivity index (χ0n) is 11.8. The lowest BCUT2D eigenvalue weighted by molar-refractivity contribution is 0.454. The molecule has 0 amide bonds. The first-order valence-corrected chi connectivity index (χ1v) is 7.24. The summed E-state index contributed by atoms with van der Waals surface area (Å²) in [4.78, 5) is 6.45.